The highest BCUT2D eigenvalue weighted by Crippen LogP contribution is 2.27. The number of halogens is 1. The molecular weight excluding hydrogens is 420 g/mol. The summed E-state index contributed by atoms with van der Waals surface area (Å²) >= 11 is 0. The minimum absolute atomic E-state index is 0. The molecule has 5 nitrogen and oxygen atoms in total. The van der Waals surface area contributed by atoms with Gasteiger partial charge in [-0.05, 0) is 48.5 Å². The number of carbonyl (C=O) groups is 1. The van der Waals surface area contributed by atoms with E-state index in [9.17, 15) is 4.79 Å². The van der Waals surface area contributed by atoms with E-state index in [0.29, 0.717) is 22.8 Å². The Labute approximate surface area is 191 Å². The molecule has 3 aromatic carbocycles. The van der Waals surface area contributed by atoms with Gasteiger partial charge < -0.3 is 5.32 Å². The van der Waals surface area contributed by atoms with E-state index in [0.717, 1.165) is 22.2 Å². The van der Waals surface area contributed by atoms with Gasteiger partial charge in [-0.2, -0.15) is 0 Å². The molecular formula is C26H19ClN4O. The van der Waals surface area contributed by atoms with Gasteiger partial charge in [0.1, 0.15) is 5.82 Å². The Bertz CT molecular complexity index is 1360. The van der Waals surface area contributed by atoms with Crippen molar-refractivity contribution in [2.24, 2.45) is 0 Å². The Balaban J connectivity index is 0.00000245. The van der Waals surface area contributed by atoms with Crippen molar-refractivity contribution in [3.05, 3.63) is 115 Å². The molecule has 0 bridgehead atoms. The first-order chi connectivity index (χ1) is 15.3. The van der Waals surface area contributed by atoms with E-state index < -0.39 is 0 Å². The van der Waals surface area contributed by atoms with Crippen molar-refractivity contribution in [1.29, 1.82) is 0 Å². The Hall–Kier alpha value is -4.09. The lowest BCUT2D eigenvalue weighted by Crippen LogP contribution is -2.02. The normalized spacial score (nSPS) is 10.4. The zero-order valence-electron chi connectivity index (χ0n) is 17.0. The maximum Gasteiger partial charge on any atom is 0.193 e. The number of fused-ring (bicyclic) bond motifs is 1. The minimum atomic E-state index is -0.000362. The second-order valence-corrected chi connectivity index (χ2v) is 7.05. The number of aromatic nitrogens is 3. The van der Waals surface area contributed by atoms with E-state index in [1.54, 1.807) is 12.4 Å². The smallest absolute Gasteiger partial charge is 0.193 e. The predicted octanol–water partition coefficient (Wildman–Crippen LogP) is 6.09. The van der Waals surface area contributed by atoms with Gasteiger partial charge in [0.2, 0.25) is 0 Å². The average molecular weight is 439 g/mol. The topological polar surface area (TPSA) is 67.8 Å². The predicted molar refractivity (Wildman–Crippen MR) is 130 cm³/mol. The van der Waals surface area contributed by atoms with E-state index in [-0.39, 0.29) is 18.2 Å². The molecule has 1 N–H and O–H groups in total. The van der Waals surface area contributed by atoms with Gasteiger partial charge in [-0.1, -0.05) is 42.5 Å². The van der Waals surface area contributed by atoms with Crippen LogP contribution in [0, 0.1) is 0 Å². The summed E-state index contributed by atoms with van der Waals surface area (Å²) in [4.78, 5) is 26.2. The molecule has 6 heteroatoms. The Morgan fingerprint density at radius 1 is 0.688 bits per heavy atom. The van der Waals surface area contributed by atoms with E-state index in [2.05, 4.69) is 10.3 Å². The highest BCUT2D eigenvalue weighted by molar-refractivity contribution is 6.09. The molecule has 5 rings (SSSR count). The molecule has 2 heterocycles. The van der Waals surface area contributed by atoms with Gasteiger partial charge in [0, 0.05) is 40.2 Å². The van der Waals surface area contributed by atoms with Crippen LogP contribution in [-0.2, 0) is 0 Å². The number of para-hydroxylation sites is 1. The van der Waals surface area contributed by atoms with Gasteiger partial charge in [-0.25, -0.2) is 9.97 Å². The molecule has 5 aromatic rings. The number of benzene rings is 3. The van der Waals surface area contributed by atoms with Crippen LogP contribution >= 0.6 is 12.4 Å². The molecule has 0 aliphatic rings. The van der Waals surface area contributed by atoms with Crippen LogP contribution in [0.25, 0.3) is 22.3 Å². The minimum Gasteiger partial charge on any atom is -0.340 e. The van der Waals surface area contributed by atoms with Gasteiger partial charge in [-0.3, -0.25) is 9.78 Å². The lowest BCUT2D eigenvalue weighted by Gasteiger charge is -2.11. The third kappa shape index (κ3) is 4.33. The van der Waals surface area contributed by atoms with Gasteiger partial charge in [-0.15, -0.1) is 12.4 Å². The van der Waals surface area contributed by atoms with Gasteiger partial charge in [0.15, 0.2) is 11.6 Å². The number of nitrogens with one attached hydrogen (secondary N) is 1. The molecule has 0 saturated carbocycles. The lowest BCUT2D eigenvalue weighted by molar-refractivity contribution is 0.103. The summed E-state index contributed by atoms with van der Waals surface area (Å²) in [6, 6.07) is 28.3. The molecule has 0 spiro atoms. The molecule has 156 valence electrons. The quantitative estimate of drug-likeness (QED) is 0.336. The van der Waals surface area contributed by atoms with Crippen molar-refractivity contribution < 1.29 is 4.79 Å². The SMILES string of the molecule is Cl.O=C(c1ccccc1)c1ccc(Nc2nc(-c3ccncc3)nc3ccccc23)cc1. The fraction of sp³-hybridized carbons (Fsp3) is 0. The molecule has 32 heavy (non-hydrogen) atoms. The van der Waals surface area contributed by atoms with E-state index in [1.807, 2.05) is 91.0 Å². The number of carbonyl (C=O) groups excluding carboxylic acids is 1. The number of rotatable bonds is 5. The van der Waals surface area contributed by atoms with Gasteiger partial charge >= 0.3 is 0 Å². The van der Waals surface area contributed by atoms with Gasteiger partial charge in [0.05, 0.1) is 5.52 Å². The number of anilines is 2. The number of nitrogens with zero attached hydrogens (tertiary/aromatic N) is 3. The fourth-order valence-corrected chi connectivity index (χ4v) is 3.40. The first kappa shape index (κ1) is 21.2. The van der Waals surface area contributed by atoms with Crippen LogP contribution in [0.15, 0.2) is 103 Å². The highest BCUT2D eigenvalue weighted by atomic mass is 35.5. The highest BCUT2D eigenvalue weighted by Gasteiger charge is 2.11. The number of ketones is 1. The van der Waals surface area contributed by atoms with Crippen LogP contribution in [0.5, 0.6) is 0 Å². The van der Waals surface area contributed by atoms with Crippen molar-refractivity contribution >= 4 is 40.6 Å². The zero-order valence-corrected chi connectivity index (χ0v) is 17.8. The van der Waals surface area contributed by atoms with Crippen molar-refractivity contribution in [2.45, 2.75) is 0 Å². The van der Waals surface area contributed by atoms with Crippen molar-refractivity contribution in [3.8, 4) is 11.4 Å². The maximum atomic E-state index is 12.6. The zero-order chi connectivity index (χ0) is 21.0. The third-order valence-corrected chi connectivity index (χ3v) is 4.99. The molecule has 2 aromatic heterocycles. The largest absolute Gasteiger partial charge is 0.340 e. The molecule has 0 aliphatic carbocycles. The Morgan fingerprint density at radius 3 is 2.09 bits per heavy atom. The summed E-state index contributed by atoms with van der Waals surface area (Å²) in [5.41, 5.74) is 3.90. The summed E-state index contributed by atoms with van der Waals surface area (Å²) in [6.07, 6.45) is 3.45. The Kier molecular flexibility index (Phi) is 6.19. The summed E-state index contributed by atoms with van der Waals surface area (Å²) in [7, 11) is 0. The molecule has 0 radical (unpaired) electrons. The molecule has 0 amide bonds. The van der Waals surface area contributed by atoms with E-state index in [1.165, 1.54) is 0 Å². The summed E-state index contributed by atoms with van der Waals surface area (Å²) in [5.74, 6) is 1.33. The lowest BCUT2D eigenvalue weighted by atomic mass is 10.0. The molecule has 0 fully saturated rings. The monoisotopic (exact) mass is 438 g/mol. The first-order valence-electron chi connectivity index (χ1n) is 9.92. The number of pyridine rings is 1. The van der Waals surface area contributed by atoms with Crippen molar-refractivity contribution in [2.75, 3.05) is 5.32 Å². The molecule has 0 unspecified atom stereocenters. The van der Waals surface area contributed by atoms with Gasteiger partial charge in [0.25, 0.3) is 0 Å². The Morgan fingerprint density at radius 2 is 1.34 bits per heavy atom. The summed E-state index contributed by atoms with van der Waals surface area (Å²) in [5, 5.41) is 4.31. The molecule has 0 atom stereocenters. The molecule has 0 aliphatic heterocycles. The van der Waals surface area contributed by atoms with Crippen LogP contribution < -0.4 is 5.32 Å². The van der Waals surface area contributed by atoms with Crippen LogP contribution in [0.2, 0.25) is 0 Å². The maximum absolute atomic E-state index is 12.6. The van der Waals surface area contributed by atoms with Crippen LogP contribution in [-0.4, -0.2) is 20.7 Å². The standard InChI is InChI=1S/C26H18N4O.ClH/c31-24(18-6-2-1-3-7-18)19-10-12-21(13-11-19)28-26-22-8-4-5-9-23(22)29-25(30-26)20-14-16-27-17-15-20;/h1-17H,(H,28,29,30);1H. The molecule has 0 saturated heterocycles. The second-order valence-electron chi connectivity index (χ2n) is 7.05. The van der Waals surface area contributed by atoms with Crippen molar-refractivity contribution in [1.82, 2.24) is 15.0 Å². The van der Waals surface area contributed by atoms with Crippen LogP contribution in [0.3, 0.4) is 0 Å². The van der Waals surface area contributed by atoms with Crippen LogP contribution in [0.4, 0.5) is 11.5 Å². The van der Waals surface area contributed by atoms with Crippen molar-refractivity contribution in [3.63, 3.8) is 0 Å². The second kappa shape index (κ2) is 9.37. The van der Waals surface area contributed by atoms with E-state index >= 15 is 0 Å². The summed E-state index contributed by atoms with van der Waals surface area (Å²) < 4.78 is 0. The fourth-order valence-electron chi connectivity index (χ4n) is 3.40. The van der Waals surface area contributed by atoms with Crippen LogP contribution in [0.1, 0.15) is 15.9 Å². The average Bonchev–Trinajstić information content (AvgIpc) is 2.85. The summed E-state index contributed by atoms with van der Waals surface area (Å²) in [6.45, 7) is 0. The third-order valence-electron chi connectivity index (χ3n) is 4.99. The number of hydrogen-bond donors (Lipinski definition) is 1. The first-order valence-corrected chi connectivity index (χ1v) is 9.92. The number of hydrogen-bond acceptors (Lipinski definition) is 5. The van der Waals surface area contributed by atoms with E-state index in [4.69, 9.17) is 9.97 Å².